The molecule has 0 aromatic carbocycles. The third-order valence-electron chi connectivity index (χ3n) is 4.12. The maximum absolute atomic E-state index is 5.94. The lowest BCUT2D eigenvalue weighted by atomic mass is 10.1. The number of nitrogens with one attached hydrogen (secondary N) is 1. The van der Waals surface area contributed by atoms with Crippen molar-refractivity contribution in [3.8, 4) is 0 Å². The van der Waals surface area contributed by atoms with Crippen molar-refractivity contribution in [3.05, 3.63) is 22.4 Å². The van der Waals surface area contributed by atoms with Crippen LogP contribution in [-0.4, -0.2) is 63.5 Å². The van der Waals surface area contributed by atoms with Crippen molar-refractivity contribution in [2.45, 2.75) is 38.7 Å². The Hall–Kier alpha value is -1.11. The first-order valence-electron chi connectivity index (χ1n) is 8.99. The van der Waals surface area contributed by atoms with E-state index in [0.29, 0.717) is 6.10 Å². The van der Waals surface area contributed by atoms with Gasteiger partial charge in [0.05, 0.1) is 6.10 Å². The van der Waals surface area contributed by atoms with Gasteiger partial charge in [-0.25, -0.2) is 0 Å². The second-order valence-electron chi connectivity index (χ2n) is 5.97. The summed E-state index contributed by atoms with van der Waals surface area (Å²) in [5.74, 6) is 1.05. The Kier molecular flexibility index (Phi) is 9.16. The highest BCUT2D eigenvalue weighted by molar-refractivity contribution is 7.09. The maximum Gasteiger partial charge on any atom is 0.193 e. The fourth-order valence-electron chi connectivity index (χ4n) is 2.84. The molecule has 1 aromatic heterocycles. The fraction of sp³-hybridized carbons (Fsp3) is 0.722. The molecule has 0 saturated carbocycles. The summed E-state index contributed by atoms with van der Waals surface area (Å²) in [6, 6.07) is 4.28. The average molecular weight is 354 g/mol. The van der Waals surface area contributed by atoms with Crippen LogP contribution >= 0.6 is 11.3 Å². The molecule has 0 aliphatic carbocycles. The number of guanidine groups is 1. The van der Waals surface area contributed by atoms with E-state index in [-0.39, 0.29) is 0 Å². The van der Waals surface area contributed by atoms with Crippen molar-refractivity contribution < 1.29 is 9.47 Å². The minimum atomic E-state index is 0.382. The molecule has 0 unspecified atom stereocenters. The molecule has 5 nitrogen and oxygen atoms in total. The van der Waals surface area contributed by atoms with Crippen LogP contribution in [0.5, 0.6) is 0 Å². The minimum Gasteiger partial charge on any atom is -0.385 e. The molecule has 1 aromatic rings. The van der Waals surface area contributed by atoms with Gasteiger partial charge in [-0.05, 0) is 37.6 Å². The van der Waals surface area contributed by atoms with Gasteiger partial charge in [0.25, 0.3) is 0 Å². The fourth-order valence-corrected chi connectivity index (χ4v) is 3.54. The standard InChI is InChI=1S/C18H31N3O2S/c1-3-19-18(20-10-7-17-6-4-15-24-17)21-11-8-16(9-12-21)23-14-5-13-22-2/h4,6,15-16H,3,5,7-14H2,1-2H3,(H,19,20). The SMILES string of the molecule is CCNC(=NCCc1cccs1)N1CCC(OCCCOC)CC1. The van der Waals surface area contributed by atoms with Crippen molar-refractivity contribution >= 4 is 17.3 Å². The quantitative estimate of drug-likeness (QED) is 0.421. The van der Waals surface area contributed by atoms with Gasteiger partial charge in [0.15, 0.2) is 5.96 Å². The van der Waals surface area contributed by atoms with Crippen LogP contribution < -0.4 is 5.32 Å². The van der Waals surface area contributed by atoms with Gasteiger partial charge in [-0.1, -0.05) is 6.07 Å². The maximum atomic E-state index is 5.94. The molecule has 1 N–H and O–H groups in total. The molecule has 1 aliphatic heterocycles. The normalized spacial score (nSPS) is 16.6. The lowest BCUT2D eigenvalue weighted by Gasteiger charge is -2.34. The Morgan fingerprint density at radius 2 is 2.21 bits per heavy atom. The highest BCUT2D eigenvalue weighted by atomic mass is 32.1. The van der Waals surface area contributed by atoms with Crippen LogP contribution in [0.3, 0.4) is 0 Å². The topological polar surface area (TPSA) is 46.1 Å². The van der Waals surface area contributed by atoms with Gasteiger partial charge >= 0.3 is 0 Å². The zero-order valence-corrected chi connectivity index (χ0v) is 15.8. The smallest absolute Gasteiger partial charge is 0.193 e. The summed E-state index contributed by atoms with van der Waals surface area (Å²) in [5, 5.41) is 5.56. The Balaban J connectivity index is 1.73. The molecule has 1 fully saturated rings. The van der Waals surface area contributed by atoms with Crippen LogP contribution in [0.25, 0.3) is 0 Å². The summed E-state index contributed by atoms with van der Waals surface area (Å²) in [6.07, 6.45) is 4.52. The number of ether oxygens (including phenoxy) is 2. The molecule has 136 valence electrons. The van der Waals surface area contributed by atoms with Gasteiger partial charge in [-0.2, -0.15) is 0 Å². The van der Waals surface area contributed by atoms with E-state index >= 15 is 0 Å². The van der Waals surface area contributed by atoms with Gasteiger partial charge in [0.2, 0.25) is 0 Å². The number of thiophene rings is 1. The second-order valence-corrected chi connectivity index (χ2v) is 7.00. The van der Waals surface area contributed by atoms with E-state index in [0.717, 1.165) is 71.0 Å². The molecule has 0 bridgehead atoms. The number of aliphatic imine (C=N–C) groups is 1. The molecule has 2 rings (SSSR count). The van der Waals surface area contributed by atoms with Gasteiger partial charge in [0.1, 0.15) is 0 Å². The predicted octanol–water partition coefficient (Wildman–Crippen LogP) is 2.77. The summed E-state index contributed by atoms with van der Waals surface area (Å²) in [6.45, 7) is 7.48. The summed E-state index contributed by atoms with van der Waals surface area (Å²) < 4.78 is 11.0. The van der Waals surface area contributed by atoms with Gasteiger partial charge in [-0.15, -0.1) is 11.3 Å². The zero-order chi connectivity index (χ0) is 17.0. The summed E-state index contributed by atoms with van der Waals surface area (Å²) in [7, 11) is 1.73. The third kappa shape index (κ3) is 6.79. The Morgan fingerprint density at radius 3 is 2.88 bits per heavy atom. The largest absolute Gasteiger partial charge is 0.385 e. The Morgan fingerprint density at radius 1 is 1.38 bits per heavy atom. The van der Waals surface area contributed by atoms with Crippen molar-refractivity contribution in [1.82, 2.24) is 10.2 Å². The van der Waals surface area contributed by atoms with Crippen LogP contribution in [0.2, 0.25) is 0 Å². The van der Waals surface area contributed by atoms with Crippen molar-refractivity contribution in [1.29, 1.82) is 0 Å². The zero-order valence-electron chi connectivity index (χ0n) is 15.0. The van der Waals surface area contributed by atoms with Gasteiger partial charge in [-0.3, -0.25) is 4.99 Å². The Labute approximate surface area is 150 Å². The second kappa shape index (κ2) is 11.4. The minimum absolute atomic E-state index is 0.382. The van der Waals surface area contributed by atoms with E-state index < -0.39 is 0 Å². The van der Waals surface area contributed by atoms with E-state index in [1.165, 1.54) is 4.88 Å². The van der Waals surface area contributed by atoms with E-state index in [1.807, 2.05) is 0 Å². The lowest BCUT2D eigenvalue weighted by molar-refractivity contribution is 0.00991. The molecule has 0 atom stereocenters. The molecular weight excluding hydrogens is 322 g/mol. The first kappa shape index (κ1) is 19.2. The van der Waals surface area contributed by atoms with Gasteiger partial charge < -0.3 is 19.7 Å². The van der Waals surface area contributed by atoms with Crippen LogP contribution in [-0.2, 0) is 15.9 Å². The van der Waals surface area contributed by atoms with Crippen LogP contribution in [0.15, 0.2) is 22.5 Å². The summed E-state index contributed by atoms with van der Waals surface area (Å²) >= 11 is 1.81. The first-order valence-corrected chi connectivity index (χ1v) is 9.87. The molecule has 0 radical (unpaired) electrons. The number of methoxy groups -OCH3 is 1. The van der Waals surface area contributed by atoms with Crippen molar-refractivity contribution in [3.63, 3.8) is 0 Å². The molecule has 6 heteroatoms. The molecule has 24 heavy (non-hydrogen) atoms. The molecule has 2 heterocycles. The molecule has 1 saturated heterocycles. The van der Waals surface area contributed by atoms with E-state index in [4.69, 9.17) is 14.5 Å². The third-order valence-corrected chi connectivity index (χ3v) is 5.06. The number of likely N-dealkylation sites (tertiary alicyclic amines) is 1. The molecule has 0 spiro atoms. The van der Waals surface area contributed by atoms with Crippen molar-refractivity contribution in [2.75, 3.05) is 46.5 Å². The first-order chi connectivity index (χ1) is 11.8. The molecule has 0 amide bonds. The van der Waals surface area contributed by atoms with E-state index in [2.05, 4.69) is 34.7 Å². The number of nitrogens with zero attached hydrogens (tertiary/aromatic N) is 2. The van der Waals surface area contributed by atoms with E-state index in [1.54, 1.807) is 18.4 Å². The predicted molar refractivity (Wildman–Crippen MR) is 101 cm³/mol. The average Bonchev–Trinajstić information content (AvgIpc) is 3.12. The van der Waals surface area contributed by atoms with Gasteiger partial charge in [0, 0.05) is 57.8 Å². The highest BCUT2D eigenvalue weighted by Gasteiger charge is 2.21. The summed E-state index contributed by atoms with van der Waals surface area (Å²) in [5.41, 5.74) is 0. The van der Waals surface area contributed by atoms with Crippen LogP contribution in [0, 0.1) is 0 Å². The summed E-state index contributed by atoms with van der Waals surface area (Å²) in [4.78, 5) is 8.57. The monoisotopic (exact) mass is 353 g/mol. The highest BCUT2D eigenvalue weighted by Crippen LogP contribution is 2.14. The van der Waals surface area contributed by atoms with Crippen LogP contribution in [0.4, 0.5) is 0 Å². The Bertz CT molecular complexity index is 457. The molecular formula is C18H31N3O2S. The van der Waals surface area contributed by atoms with Crippen LogP contribution in [0.1, 0.15) is 31.1 Å². The lowest BCUT2D eigenvalue weighted by Crippen LogP contribution is -2.47. The number of piperidine rings is 1. The molecule has 1 aliphatic rings. The number of rotatable bonds is 9. The number of hydrogen-bond donors (Lipinski definition) is 1. The van der Waals surface area contributed by atoms with E-state index in [9.17, 15) is 0 Å². The number of hydrogen-bond acceptors (Lipinski definition) is 4. The van der Waals surface area contributed by atoms with Crippen molar-refractivity contribution in [2.24, 2.45) is 4.99 Å².